The number of nitrogens with zero attached hydrogens (tertiary/aromatic N) is 1. The molecular weight excluding hydrogens is 376 g/mol. The molecule has 2 heterocycles. The predicted molar refractivity (Wildman–Crippen MR) is 107 cm³/mol. The van der Waals surface area contributed by atoms with Crippen LogP contribution in [0.25, 0.3) is 0 Å². The minimum absolute atomic E-state index is 0.0787. The van der Waals surface area contributed by atoms with Crippen molar-refractivity contribution in [2.45, 2.75) is 49.2 Å². The highest BCUT2D eigenvalue weighted by atomic mass is 32.2. The number of amides is 1. The topological polar surface area (TPSA) is 75.7 Å². The summed E-state index contributed by atoms with van der Waals surface area (Å²) in [5.41, 5.74) is 0.538. The third kappa shape index (κ3) is 3.98. The molecule has 0 aromatic heterocycles. The van der Waals surface area contributed by atoms with E-state index in [4.69, 9.17) is 4.74 Å². The molecule has 0 radical (unpaired) electrons. The number of hydrogen-bond donors (Lipinski definition) is 1. The molecular formula is C21H30N2O4S. The fraction of sp³-hybridized carbons (Fsp3) is 0.667. The van der Waals surface area contributed by atoms with Gasteiger partial charge in [-0.25, -0.2) is 12.7 Å². The van der Waals surface area contributed by atoms with Crippen molar-refractivity contribution in [2.75, 3.05) is 32.8 Å². The molecule has 2 saturated heterocycles. The van der Waals surface area contributed by atoms with E-state index in [0.29, 0.717) is 51.6 Å². The Kier molecular flexibility index (Phi) is 5.76. The molecule has 4 rings (SSSR count). The molecule has 6 nitrogen and oxygen atoms in total. The summed E-state index contributed by atoms with van der Waals surface area (Å²) in [5.74, 6) is 0.414. The van der Waals surface area contributed by atoms with Crippen LogP contribution in [-0.4, -0.2) is 56.7 Å². The van der Waals surface area contributed by atoms with Crippen molar-refractivity contribution in [3.05, 3.63) is 35.9 Å². The summed E-state index contributed by atoms with van der Waals surface area (Å²) in [6.45, 7) is 2.97. The average molecular weight is 407 g/mol. The molecule has 7 heteroatoms. The number of hydrogen-bond acceptors (Lipinski definition) is 4. The van der Waals surface area contributed by atoms with Crippen molar-refractivity contribution >= 4 is 15.9 Å². The maximum atomic E-state index is 13.2. The first-order valence-corrected chi connectivity index (χ1v) is 11.9. The van der Waals surface area contributed by atoms with Gasteiger partial charge in [-0.05, 0) is 50.0 Å². The lowest BCUT2D eigenvalue weighted by molar-refractivity contribution is -0.130. The Labute approximate surface area is 167 Å². The standard InChI is InChI=1S/C21H30N2O4S/c24-20(21(10-14-27-15-11-21)18-4-2-1-3-5-18)22-16-17-8-12-23(13-9-17)28(25,26)19-6-7-19/h1-5,17,19H,6-16H2,(H,22,24). The molecule has 3 fully saturated rings. The summed E-state index contributed by atoms with van der Waals surface area (Å²) in [6, 6.07) is 10.0. The van der Waals surface area contributed by atoms with Gasteiger partial charge in [0.25, 0.3) is 0 Å². The Morgan fingerprint density at radius 2 is 1.71 bits per heavy atom. The lowest BCUT2D eigenvalue weighted by Crippen LogP contribution is -2.50. The summed E-state index contributed by atoms with van der Waals surface area (Å²) in [5, 5.41) is 3.05. The van der Waals surface area contributed by atoms with Crippen molar-refractivity contribution in [2.24, 2.45) is 5.92 Å². The molecule has 0 unspecified atom stereocenters. The van der Waals surface area contributed by atoms with Crippen LogP contribution >= 0.6 is 0 Å². The van der Waals surface area contributed by atoms with Crippen LogP contribution in [0.5, 0.6) is 0 Å². The van der Waals surface area contributed by atoms with Gasteiger partial charge in [-0.15, -0.1) is 0 Å². The molecule has 3 aliphatic rings. The second-order valence-electron chi connectivity index (χ2n) is 8.36. The molecule has 1 amide bonds. The number of carbonyl (C=O) groups is 1. The van der Waals surface area contributed by atoms with E-state index in [0.717, 1.165) is 31.2 Å². The highest BCUT2D eigenvalue weighted by Gasteiger charge is 2.43. The van der Waals surface area contributed by atoms with Crippen molar-refractivity contribution < 1.29 is 17.9 Å². The van der Waals surface area contributed by atoms with Gasteiger partial charge in [-0.2, -0.15) is 0 Å². The molecule has 1 aromatic rings. The van der Waals surface area contributed by atoms with Crippen LogP contribution in [0.3, 0.4) is 0 Å². The summed E-state index contributed by atoms with van der Waals surface area (Å²) in [6.07, 6.45) is 4.64. The number of benzene rings is 1. The van der Waals surface area contributed by atoms with Gasteiger partial charge in [0.2, 0.25) is 15.9 Å². The number of rotatable bonds is 6. The van der Waals surface area contributed by atoms with Gasteiger partial charge in [0.05, 0.1) is 10.7 Å². The first kappa shape index (κ1) is 19.9. The van der Waals surface area contributed by atoms with E-state index in [1.165, 1.54) is 0 Å². The van der Waals surface area contributed by atoms with Gasteiger partial charge in [0.1, 0.15) is 0 Å². The summed E-state index contributed by atoms with van der Waals surface area (Å²) < 4.78 is 31.9. The average Bonchev–Trinajstić information content (AvgIpc) is 3.59. The zero-order valence-corrected chi connectivity index (χ0v) is 17.1. The number of sulfonamides is 1. The van der Waals surface area contributed by atoms with Gasteiger partial charge >= 0.3 is 0 Å². The van der Waals surface area contributed by atoms with Gasteiger partial charge in [-0.1, -0.05) is 30.3 Å². The molecule has 1 aliphatic carbocycles. The summed E-state index contributed by atoms with van der Waals surface area (Å²) in [7, 11) is -3.07. The van der Waals surface area contributed by atoms with Crippen LogP contribution in [0.1, 0.15) is 44.1 Å². The van der Waals surface area contributed by atoms with Gasteiger partial charge in [0, 0.05) is 32.8 Å². The van der Waals surface area contributed by atoms with E-state index in [-0.39, 0.29) is 11.2 Å². The van der Waals surface area contributed by atoms with Crippen molar-refractivity contribution in [1.82, 2.24) is 9.62 Å². The molecule has 0 spiro atoms. The van der Waals surface area contributed by atoms with Crippen molar-refractivity contribution in [3.63, 3.8) is 0 Å². The number of piperidine rings is 1. The largest absolute Gasteiger partial charge is 0.381 e. The number of carbonyl (C=O) groups excluding carboxylic acids is 1. The van der Waals surface area contributed by atoms with Gasteiger partial charge < -0.3 is 10.1 Å². The smallest absolute Gasteiger partial charge is 0.230 e. The molecule has 154 valence electrons. The Bertz CT molecular complexity index is 778. The van der Waals surface area contributed by atoms with Crippen LogP contribution in [0.2, 0.25) is 0 Å². The second kappa shape index (κ2) is 8.13. The zero-order chi connectivity index (χ0) is 19.6. The third-order valence-electron chi connectivity index (χ3n) is 6.54. The minimum Gasteiger partial charge on any atom is -0.381 e. The number of ether oxygens (including phenoxy) is 1. The van der Waals surface area contributed by atoms with Crippen molar-refractivity contribution in [1.29, 1.82) is 0 Å². The van der Waals surface area contributed by atoms with E-state index in [9.17, 15) is 13.2 Å². The highest BCUT2D eigenvalue weighted by molar-refractivity contribution is 7.90. The normalized spacial score (nSPS) is 24.0. The maximum Gasteiger partial charge on any atom is 0.230 e. The Morgan fingerprint density at radius 1 is 1.07 bits per heavy atom. The Balaban J connectivity index is 1.34. The Hall–Kier alpha value is -1.44. The zero-order valence-electron chi connectivity index (χ0n) is 16.3. The minimum atomic E-state index is -3.07. The van der Waals surface area contributed by atoms with E-state index in [2.05, 4.69) is 5.32 Å². The quantitative estimate of drug-likeness (QED) is 0.785. The summed E-state index contributed by atoms with van der Waals surface area (Å²) >= 11 is 0. The maximum absolute atomic E-state index is 13.2. The molecule has 0 bridgehead atoms. The van der Waals surface area contributed by atoms with Crippen LogP contribution < -0.4 is 5.32 Å². The lowest BCUT2D eigenvalue weighted by Gasteiger charge is -2.37. The van der Waals surface area contributed by atoms with E-state index in [1.807, 2.05) is 30.3 Å². The van der Waals surface area contributed by atoms with Gasteiger partial charge in [0.15, 0.2) is 0 Å². The van der Waals surface area contributed by atoms with Crippen LogP contribution in [0, 0.1) is 5.92 Å². The monoisotopic (exact) mass is 406 g/mol. The van der Waals surface area contributed by atoms with Gasteiger partial charge in [-0.3, -0.25) is 4.79 Å². The second-order valence-corrected chi connectivity index (χ2v) is 10.6. The first-order chi connectivity index (χ1) is 13.5. The fourth-order valence-corrected chi connectivity index (χ4v) is 6.35. The molecule has 1 saturated carbocycles. The molecule has 28 heavy (non-hydrogen) atoms. The molecule has 0 atom stereocenters. The number of nitrogens with one attached hydrogen (secondary N) is 1. The van der Waals surface area contributed by atoms with Crippen LogP contribution in [-0.2, 0) is 25.0 Å². The third-order valence-corrected chi connectivity index (χ3v) is 8.94. The van der Waals surface area contributed by atoms with Crippen LogP contribution in [0.4, 0.5) is 0 Å². The van der Waals surface area contributed by atoms with Crippen LogP contribution in [0.15, 0.2) is 30.3 Å². The molecule has 1 aromatic carbocycles. The molecule has 2 aliphatic heterocycles. The molecule has 1 N–H and O–H groups in total. The van der Waals surface area contributed by atoms with E-state index in [1.54, 1.807) is 4.31 Å². The van der Waals surface area contributed by atoms with E-state index < -0.39 is 15.4 Å². The first-order valence-electron chi connectivity index (χ1n) is 10.4. The summed E-state index contributed by atoms with van der Waals surface area (Å²) in [4.78, 5) is 13.2. The Morgan fingerprint density at radius 3 is 2.32 bits per heavy atom. The lowest BCUT2D eigenvalue weighted by atomic mass is 9.73. The van der Waals surface area contributed by atoms with E-state index >= 15 is 0 Å². The highest BCUT2D eigenvalue weighted by Crippen LogP contribution is 2.36. The predicted octanol–water partition coefficient (Wildman–Crippen LogP) is 2.06. The fourth-order valence-electron chi connectivity index (χ4n) is 4.47. The SMILES string of the molecule is O=C(NCC1CCN(S(=O)(=O)C2CC2)CC1)C1(c2ccccc2)CCOCC1. The van der Waals surface area contributed by atoms with Crippen molar-refractivity contribution in [3.8, 4) is 0 Å².